The molecule has 2 aromatic carbocycles. The quantitative estimate of drug-likeness (QED) is 0.750. The molecule has 1 nitrogen and oxygen atoms in total. The number of benzene rings is 2. The Kier molecular flexibility index (Phi) is 2.89. The lowest BCUT2D eigenvalue weighted by Gasteiger charge is -2.27. The summed E-state index contributed by atoms with van der Waals surface area (Å²) in [4.78, 5) is 0. The van der Waals surface area contributed by atoms with E-state index >= 15 is 0 Å². The zero-order valence-corrected chi connectivity index (χ0v) is 11.0. The van der Waals surface area contributed by atoms with E-state index in [4.69, 9.17) is 4.74 Å². The molecular formula is C15H13BrO. The van der Waals surface area contributed by atoms with Crippen LogP contribution < -0.4 is 4.74 Å². The van der Waals surface area contributed by atoms with Gasteiger partial charge in [0.25, 0.3) is 0 Å². The normalized spacial score (nSPS) is 18.3. The Balaban J connectivity index is 1.91. The van der Waals surface area contributed by atoms with Gasteiger partial charge in [-0.25, -0.2) is 0 Å². The summed E-state index contributed by atoms with van der Waals surface area (Å²) in [5, 5.41) is 0. The molecule has 0 saturated carbocycles. The van der Waals surface area contributed by atoms with Gasteiger partial charge in [-0.1, -0.05) is 52.3 Å². The molecule has 1 atom stereocenters. The molecule has 0 aromatic heterocycles. The molecule has 0 saturated heterocycles. The Hall–Kier alpha value is -1.28. The zero-order chi connectivity index (χ0) is 11.7. The summed E-state index contributed by atoms with van der Waals surface area (Å²) in [5.74, 6) is 1.01. The summed E-state index contributed by atoms with van der Waals surface area (Å²) in [6.45, 7) is 0. The third kappa shape index (κ3) is 2.09. The largest absolute Gasteiger partial charge is 0.485 e. The first kappa shape index (κ1) is 10.8. The van der Waals surface area contributed by atoms with Crippen molar-refractivity contribution in [2.24, 2.45) is 0 Å². The maximum absolute atomic E-state index is 6.07. The second kappa shape index (κ2) is 4.53. The minimum absolute atomic E-state index is 0.193. The molecule has 0 N–H and O–H groups in total. The summed E-state index contributed by atoms with van der Waals surface area (Å²) in [7, 11) is 0. The Morgan fingerprint density at radius 3 is 2.65 bits per heavy atom. The third-order valence-electron chi connectivity index (χ3n) is 3.17. The van der Waals surface area contributed by atoms with Crippen molar-refractivity contribution in [3.63, 3.8) is 0 Å². The van der Waals surface area contributed by atoms with Gasteiger partial charge in [-0.2, -0.15) is 0 Å². The molecule has 1 heterocycles. The summed E-state index contributed by atoms with van der Waals surface area (Å²) < 4.78 is 7.22. The van der Waals surface area contributed by atoms with Gasteiger partial charge >= 0.3 is 0 Å². The minimum Gasteiger partial charge on any atom is -0.485 e. The Morgan fingerprint density at radius 2 is 1.82 bits per heavy atom. The highest BCUT2D eigenvalue weighted by Crippen LogP contribution is 2.38. The van der Waals surface area contributed by atoms with Crippen molar-refractivity contribution in [3.05, 3.63) is 64.1 Å². The van der Waals surface area contributed by atoms with E-state index in [2.05, 4.69) is 52.3 Å². The topological polar surface area (TPSA) is 9.23 Å². The number of rotatable bonds is 1. The summed E-state index contributed by atoms with van der Waals surface area (Å²) in [6, 6.07) is 16.6. The first-order chi connectivity index (χ1) is 8.34. The van der Waals surface area contributed by atoms with E-state index in [9.17, 15) is 0 Å². The predicted molar refractivity (Wildman–Crippen MR) is 72.3 cm³/mol. The van der Waals surface area contributed by atoms with Crippen molar-refractivity contribution in [3.8, 4) is 5.75 Å². The van der Waals surface area contributed by atoms with Crippen molar-refractivity contribution in [2.45, 2.75) is 18.9 Å². The van der Waals surface area contributed by atoms with Gasteiger partial charge in [0.1, 0.15) is 11.9 Å². The lowest BCUT2D eigenvalue weighted by atomic mass is 9.97. The highest BCUT2D eigenvalue weighted by Gasteiger charge is 2.22. The van der Waals surface area contributed by atoms with E-state index in [-0.39, 0.29) is 6.10 Å². The van der Waals surface area contributed by atoms with Gasteiger partial charge < -0.3 is 4.74 Å². The first-order valence-electron chi connectivity index (χ1n) is 5.83. The standard InChI is InChI=1S/C15H13BrO/c16-13-7-4-8-15-12(13)9-10-14(17-15)11-5-2-1-3-6-11/h1-8,14H,9-10H2. The molecule has 0 fully saturated rings. The Labute approximate surface area is 110 Å². The molecule has 0 bridgehead atoms. The third-order valence-corrected chi connectivity index (χ3v) is 3.92. The molecule has 3 rings (SSSR count). The van der Waals surface area contributed by atoms with Crippen LogP contribution in [0.3, 0.4) is 0 Å². The van der Waals surface area contributed by atoms with E-state index in [1.165, 1.54) is 11.1 Å². The fraction of sp³-hybridized carbons (Fsp3) is 0.200. The van der Waals surface area contributed by atoms with Crippen molar-refractivity contribution >= 4 is 15.9 Å². The van der Waals surface area contributed by atoms with Gasteiger partial charge in [0.15, 0.2) is 0 Å². The van der Waals surface area contributed by atoms with E-state index < -0.39 is 0 Å². The molecule has 1 unspecified atom stereocenters. The molecule has 0 aliphatic carbocycles. The fourth-order valence-electron chi connectivity index (χ4n) is 2.28. The van der Waals surface area contributed by atoms with Crippen LogP contribution in [-0.2, 0) is 6.42 Å². The number of fused-ring (bicyclic) bond motifs is 1. The molecule has 17 heavy (non-hydrogen) atoms. The van der Waals surface area contributed by atoms with Gasteiger partial charge in [-0.05, 0) is 30.5 Å². The van der Waals surface area contributed by atoms with E-state index in [1.54, 1.807) is 0 Å². The highest BCUT2D eigenvalue weighted by molar-refractivity contribution is 9.10. The monoisotopic (exact) mass is 288 g/mol. The van der Waals surface area contributed by atoms with E-state index in [0.717, 1.165) is 23.1 Å². The zero-order valence-electron chi connectivity index (χ0n) is 9.40. The smallest absolute Gasteiger partial charge is 0.124 e. The average Bonchev–Trinajstić information content (AvgIpc) is 2.40. The van der Waals surface area contributed by atoms with Crippen molar-refractivity contribution in [2.75, 3.05) is 0 Å². The molecule has 0 radical (unpaired) electrons. The molecular weight excluding hydrogens is 276 g/mol. The predicted octanol–water partition coefficient (Wildman–Crippen LogP) is 4.52. The van der Waals surface area contributed by atoms with Crippen LogP contribution in [0.5, 0.6) is 5.75 Å². The van der Waals surface area contributed by atoms with Crippen LogP contribution in [-0.4, -0.2) is 0 Å². The van der Waals surface area contributed by atoms with Crippen LogP contribution in [0.2, 0.25) is 0 Å². The van der Waals surface area contributed by atoms with E-state index in [0.29, 0.717) is 0 Å². The maximum Gasteiger partial charge on any atom is 0.124 e. The lowest BCUT2D eigenvalue weighted by Crippen LogP contribution is -2.15. The minimum atomic E-state index is 0.193. The second-order valence-electron chi connectivity index (χ2n) is 4.27. The number of hydrogen-bond acceptors (Lipinski definition) is 1. The van der Waals surface area contributed by atoms with Crippen LogP contribution in [0.15, 0.2) is 53.0 Å². The van der Waals surface area contributed by atoms with Gasteiger partial charge in [0, 0.05) is 10.0 Å². The van der Waals surface area contributed by atoms with E-state index in [1.807, 2.05) is 12.1 Å². The molecule has 1 aliphatic heterocycles. The highest BCUT2D eigenvalue weighted by atomic mass is 79.9. The molecule has 0 amide bonds. The molecule has 2 heteroatoms. The Morgan fingerprint density at radius 1 is 1.00 bits per heavy atom. The van der Waals surface area contributed by atoms with Crippen LogP contribution in [0.1, 0.15) is 23.7 Å². The molecule has 1 aliphatic rings. The molecule has 86 valence electrons. The number of hydrogen-bond donors (Lipinski definition) is 0. The van der Waals surface area contributed by atoms with Crippen LogP contribution in [0, 0.1) is 0 Å². The summed E-state index contributed by atoms with van der Waals surface area (Å²) in [5.41, 5.74) is 2.55. The maximum atomic E-state index is 6.07. The molecule has 2 aromatic rings. The SMILES string of the molecule is Brc1cccc2c1CCC(c1ccccc1)O2. The first-order valence-corrected chi connectivity index (χ1v) is 6.63. The van der Waals surface area contributed by atoms with Gasteiger partial charge in [-0.15, -0.1) is 0 Å². The van der Waals surface area contributed by atoms with Crippen molar-refractivity contribution < 1.29 is 4.74 Å². The van der Waals surface area contributed by atoms with Crippen molar-refractivity contribution in [1.82, 2.24) is 0 Å². The van der Waals surface area contributed by atoms with Gasteiger partial charge in [-0.3, -0.25) is 0 Å². The lowest BCUT2D eigenvalue weighted by molar-refractivity contribution is 0.176. The van der Waals surface area contributed by atoms with Crippen LogP contribution in [0.25, 0.3) is 0 Å². The second-order valence-corrected chi connectivity index (χ2v) is 5.13. The number of halogens is 1. The van der Waals surface area contributed by atoms with Crippen molar-refractivity contribution in [1.29, 1.82) is 0 Å². The summed E-state index contributed by atoms with van der Waals surface area (Å²) in [6.07, 6.45) is 2.30. The van der Waals surface area contributed by atoms with Gasteiger partial charge in [0.2, 0.25) is 0 Å². The average molecular weight is 289 g/mol. The van der Waals surface area contributed by atoms with Crippen LogP contribution >= 0.6 is 15.9 Å². The Bertz CT molecular complexity index is 522. The fourth-order valence-corrected chi connectivity index (χ4v) is 2.83. The van der Waals surface area contributed by atoms with Crippen LogP contribution in [0.4, 0.5) is 0 Å². The number of ether oxygens (including phenoxy) is 1. The summed E-state index contributed by atoms with van der Waals surface area (Å²) >= 11 is 3.58. The molecule has 0 spiro atoms. The van der Waals surface area contributed by atoms with Gasteiger partial charge in [0.05, 0.1) is 0 Å².